The molecule has 70 valence electrons. The van der Waals surface area contributed by atoms with Gasteiger partial charge in [0.15, 0.2) is 5.78 Å². The summed E-state index contributed by atoms with van der Waals surface area (Å²) in [4.78, 5) is 13.3. The molecule has 0 aliphatic carbocycles. The summed E-state index contributed by atoms with van der Waals surface area (Å²) in [7, 11) is 0. The average molecular weight is 202 g/mol. The molecule has 0 amide bonds. The molecule has 0 saturated carbocycles. The molecule has 0 aliphatic heterocycles. The zero-order valence-corrected chi connectivity index (χ0v) is 7.64. The molecule has 13 heavy (non-hydrogen) atoms. The number of Topliss-reactive ketones (excluding diaryl/α,β-unsaturated/α-hetero) is 1. The summed E-state index contributed by atoms with van der Waals surface area (Å²) < 4.78 is 12.5. The number of halogens is 2. The molecule has 2 nitrogen and oxygen atoms in total. The fraction of sp³-hybridized carbons (Fsp3) is 0.222. The van der Waals surface area contributed by atoms with Crippen molar-refractivity contribution in [3.8, 4) is 0 Å². The van der Waals surface area contributed by atoms with Crippen LogP contribution >= 0.6 is 11.8 Å². The number of benzene rings is 1. The van der Waals surface area contributed by atoms with Crippen LogP contribution < -0.4 is 4.84 Å². The van der Waals surface area contributed by atoms with Crippen LogP contribution in [-0.2, 0) is 11.2 Å². The van der Waals surface area contributed by atoms with Gasteiger partial charge in [0.25, 0.3) is 0 Å². The highest BCUT2D eigenvalue weighted by atomic mass is 35.5. The van der Waals surface area contributed by atoms with Gasteiger partial charge in [0, 0.05) is 6.42 Å². The Bertz CT molecular complexity index is 286. The Hall–Kier alpha value is -0.930. The molecule has 0 fully saturated rings. The van der Waals surface area contributed by atoms with Crippen molar-refractivity contribution >= 4 is 17.6 Å². The van der Waals surface area contributed by atoms with Crippen LogP contribution in [0.15, 0.2) is 24.3 Å². The van der Waals surface area contributed by atoms with E-state index in [4.69, 9.17) is 11.8 Å². The van der Waals surface area contributed by atoms with Gasteiger partial charge in [0.1, 0.15) is 5.82 Å². The van der Waals surface area contributed by atoms with Crippen LogP contribution in [0.2, 0.25) is 0 Å². The predicted octanol–water partition coefficient (Wildman–Crippen LogP) is 1.68. The number of rotatable bonds is 4. The first-order valence-electron chi connectivity index (χ1n) is 3.82. The predicted molar refractivity (Wildman–Crippen MR) is 49.0 cm³/mol. The van der Waals surface area contributed by atoms with E-state index in [0.717, 1.165) is 5.56 Å². The summed E-state index contributed by atoms with van der Waals surface area (Å²) in [6.07, 6.45) is 0.278. The second kappa shape index (κ2) is 4.94. The first kappa shape index (κ1) is 10.2. The minimum Gasteiger partial charge on any atom is -0.298 e. The van der Waals surface area contributed by atoms with Crippen molar-refractivity contribution < 1.29 is 9.18 Å². The van der Waals surface area contributed by atoms with Gasteiger partial charge in [-0.25, -0.2) is 9.23 Å². The SMILES string of the molecule is O=C(CNCl)Cc1ccc(F)cc1. The fourth-order valence-electron chi connectivity index (χ4n) is 0.967. The van der Waals surface area contributed by atoms with Crippen molar-refractivity contribution in [3.05, 3.63) is 35.6 Å². The number of carbonyl (C=O) groups is 1. The fourth-order valence-corrected chi connectivity index (χ4v) is 1.12. The summed E-state index contributed by atoms with van der Waals surface area (Å²) in [6.45, 7) is 0.124. The molecule has 1 aromatic rings. The Morgan fingerprint density at radius 3 is 2.54 bits per heavy atom. The van der Waals surface area contributed by atoms with Crippen LogP contribution in [0.4, 0.5) is 4.39 Å². The quantitative estimate of drug-likeness (QED) is 0.751. The summed E-state index contributed by atoms with van der Waals surface area (Å²) in [5.74, 6) is -0.326. The Kier molecular flexibility index (Phi) is 3.86. The van der Waals surface area contributed by atoms with Crippen molar-refractivity contribution in [2.45, 2.75) is 6.42 Å². The minimum atomic E-state index is -0.299. The van der Waals surface area contributed by atoms with Crippen LogP contribution in [0.5, 0.6) is 0 Å². The summed E-state index contributed by atoms with van der Waals surface area (Å²) in [6, 6.07) is 5.83. The second-order valence-corrected chi connectivity index (χ2v) is 2.92. The van der Waals surface area contributed by atoms with Crippen LogP contribution in [0.25, 0.3) is 0 Å². The Balaban J connectivity index is 2.54. The second-order valence-electron chi connectivity index (χ2n) is 2.65. The molecule has 0 unspecified atom stereocenters. The van der Waals surface area contributed by atoms with E-state index in [1.807, 2.05) is 0 Å². The van der Waals surface area contributed by atoms with Crippen molar-refractivity contribution in [1.29, 1.82) is 0 Å². The number of hydrogen-bond donors (Lipinski definition) is 1. The van der Waals surface area contributed by atoms with Gasteiger partial charge in [0.05, 0.1) is 6.54 Å². The van der Waals surface area contributed by atoms with Gasteiger partial charge < -0.3 is 0 Å². The van der Waals surface area contributed by atoms with Gasteiger partial charge >= 0.3 is 0 Å². The van der Waals surface area contributed by atoms with Crippen LogP contribution in [0, 0.1) is 5.82 Å². The monoisotopic (exact) mass is 201 g/mol. The maximum absolute atomic E-state index is 12.5. The standard InChI is InChI=1S/C9H9ClFNO/c10-12-6-9(13)5-7-1-3-8(11)4-2-7/h1-4,12H,5-6H2. The van der Waals surface area contributed by atoms with E-state index in [-0.39, 0.29) is 24.6 Å². The Morgan fingerprint density at radius 2 is 2.00 bits per heavy atom. The van der Waals surface area contributed by atoms with E-state index in [0.29, 0.717) is 0 Å². The molecule has 0 radical (unpaired) electrons. The van der Waals surface area contributed by atoms with E-state index >= 15 is 0 Å². The van der Waals surface area contributed by atoms with Crippen LogP contribution in [0.1, 0.15) is 5.56 Å². The number of hydrogen-bond acceptors (Lipinski definition) is 2. The number of nitrogens with one attached hydrogen (secondary N) is 1. The van der Waals surface area contributed by atoms with E-state index in [2.05, 4.69) is 4.84 Å². The van der Waals surface area contributed by atoms with E-state index < -0.39 is 0 Å². The van der Waals surface area contributed by atoms with Gasteiger partial charge in [0.2, 0.25) is 0 Å². The van der Waals surface area contributed by atoms with E-state index in [9.17, 15) is 9.18 Å². The highest BCUT2D eigenvalue weighted by Crippen LogP contribution is 2.03. The van der Waals surface area contributed by atoms with Crippen LogP contribution in [0.3, 0.4) is 0 Å². The maximum atomic E-state index is 12.5. The smallest absolute Gasteiger partial charge is 0.152 e. The topological polar surface area (TPSA) is 29.1 Å². The molecule has 0 saturated heterocycles. The molecule has 0 heterocycles. The number of ketones is 1. The van der Waals surface area contributed by atoms with Gasteiger partial charge in [-0.15, -0.1) is 0 Å². The lowest BCUT2D eigenvalue weighted by Gasteiger charge is -1.99. The van der Waals surface area contributed by atoms with E-state index in [1.165, 1.54) is 12.1 Å². The molecule has 0 spiro atoms. The maximum Gasteiger partial charge on any atom is 0.152 e. The van der Waals surface area contributed by atoms with Crippen molar-refractivity contribution in [1.82, 2.24) is 4.84 Å². The van der Waals surface area contributed by atoms with E-state index in [1.54, 1.807) is 12.1 Å². The van der Waals surface area contributed by atoms with Gasteiger partial charge in [-0.1, -0.05) is 12.1 Å². The Morgan fingerprint density at radius 1 is 1.38 bits per heavy atom. The zero-order valence-electron chi connectivity index (χ0n) is 6.89. The molecule has 0 atom stereocenters. The van der Waals surface area contributed by atoms with Crippen molar-refractivity contribution in [2.24, 2.45) is 0 Å². The molecular formula is C9H9ClFNO. The first-order chi connectivity index (χ1) is 6.22. The lowest BCUT2D eigenvalue weighted by molar-refractivity contribution is -0.117. The van der Waals surface area contributed by atoms with Crippen LogP contribution in [-0.4, -0.2) is 12.3 Å². The molecule has 1 aromatic carbocycles. The normalized spacial score (nSPS) is 10.0. The molecule has 0 bridgehead atoms. The summed E-state index contributed by atoms with van der Waals surface area (Å²) in [5, 5.41) is 0. The molecule has 0 aromatic heterocycles. The first-order valence-corrected chi connectivity index (χ1v) is 4.20. The van der Waals surface area contributed by atoms with Gasteiger partial charge in [-0.2, -0.15) is 0 Å². The van der Waals surface area contributed by atoms with Crippen molar-refractivity contribution in [2.75, 3.05) is 6.54 Å². The highest BCUT2D eigenvalue weighted by Gasteiger charge is 2.02. The van der Waals surface area contributed by atoms with Gasteiger partial charge in [-0.05, 0) is 29.5 Å². The third kappa shape index (κ3) is 3.53. The Labute approximate surface area is 80.8 Å². The summed E-state index contributed by atoms with van der Waals surface area (Å²) >= 11 is 5.16. The minimum absolute atomic E-state index is 0.0263. The summed E-state index contributed by atoms with van der Waals surface area (Å²) in [5.41, 5.74) is 0.790. The average Bonchev–Trinajstić information content (AvgIpc) is 2.09. The zero-order chi connectivity index (χ0) is 9.68. The molecule has 1 N–H and O–H groups in total. The molecule has 4 heteroatoms. The largest absolute Gasteiger partial charge is 0.298 e. The van der Waals surface area contributed by atoms with Gasteiger partial charge in [-0.3, -0.25) is 4.79 Å². The molecule has 0 aliphatic rings. The highest BCUT2D eigenvalue weighted by molar-refractivity contribution is 6.14. The lowest BCUT2D eigenvalue weighted by atomic mass is 10.1. The molecular weight excluding hydrogens is 193 g/mol. The molecule has 1 rings (SSSR count). The third-order valence-electron chi connectivity index (χ3n) is 1.58. The lowest BCUT2D eigenvalue weighted by Crippen LogP contribution is -2.16. The van der Waals surface area contributed by atoms with Crippen molar-refractivity contribution in [3.63, 3.8) is 0 Å². The number of carbonyl (C=O) groups excluding carboxylic acids is 1. The third-order valence-corrected chi connectivity index (χ3v) is 1.71.